The topological polar surface area (TPSA) is 83.5 Å². The number of carbonyl (C=O) groups is 1. The van der Waals surface area contributed by atoms with E-state index in [9.17, 15) is 26.4 Å². The van der Waals surface area contributed by atoms with Gasteiger partial charge in [-0.15, -0.1) is 10.2 Å². The summed E-state index contributed by atoms with van der Waals surface area (Å²) in [5.74, 6) is -2.87. The Labute approximate surface area is 135 Å². The van der Waals surface area contributed by atoms with Crippen LogP contribution >= 0.6 is 11.3 Å². The molecule has 23 heavy (non-hydrogen) atoms. The molecule has 2 atom stereocenters. The van der Waals surface area contributed by atoms with E-state index in [4.69, 9.17) is 0 Å². The van der Waals surface area contributed by atoms with Gasteiger partial charge >= 0.3 is 6.18 Å². The van der Waals surface area contributed by atoms with Gasteiger partial charge in [-0.2, -0.15) is 13.2 Å². The van der Waals surface area contributed by atoms with Crippen LogP contribution in [0.4, 0.5) is 13.2 Å². The van der Waals surface area contributed by atoms with Gasteiger partial charge in [-0.25, -0.2) is 12.7 Å². The lowest BCUT2D eigenvalue weighted by Crippen LogP contribution is -2.43. The minimum atomic E-state index is -4.72. The van der Waals surface area contributed by atoms with Crippen LogP contribution in [0.5, 0.6) is 0 Å². The number of hydrogen-bond acceptors (Lipinski definition) is 6. The molecule has 1 amide bonds. The molecule has 2 rings (SSSR count). The van der Waals surface area contributed by atoms with Crippen LogP contribution in [-0.2, 0) is 10.0 Å². The van der Waals surface area contributed by atoms with Gasteiger partial charge in [0, 0.05) is 27.2 Å². The van der Waals surface area contributed by atoms with Gasteiger partial charge in [0.2, 0.25) is 15.0 Å². The molecular formula is C11H15F3N4O3S2. The van der Waals surface area contributed by atoms with Crippen molar-refractivity contribution in [1.29, 1.82) is 0 Å². The van der Waals surface area contributed by atoms with E-state index in [1.807, 2.05) is 0 Å². The minimum Gasteiger partial charge on any atom is -0.334 e. The molecule has 0 aliphatic carbocycles. The third-order valence-corrected chi connectivity index (χ3v) is 6.66. The second-order valence-electron chi connectivity index (χ2n) is 5.35. The highest BCUT2D eigenvalue weighted by molar-refractivity contribution is 7.89. The summed E-state index contributed by atoms with van der Waals surface area (Å²) in [6.45, 7) is 0.372. The van der Waals surface area contributed by atoms with Gasteiger partial charge in [-0.05, 0) is 6.92 Å². The maximum Gasteiger partial charge on any atom is 0.394 e. The van der Waals surface area contributed by atoms with Crippen LogP contribution in [0, 0.1) is 12.8 Å². The lowest BCUT2D eigenvalue weighted by Gasteiger charge is -2.23. The molecule has 12 heteroatoms. The van der Waals surface area contributed by atoms with Gasteiger partial charge in [0.15, 0.2) is 0 Å². The maximum atomic E-state index is 13.2. The second kappa shape index (κ2) is 5.98. The first kappa shape index (κ1) is 18.1. The van der Waals surface area contributed by atoms with E-state index in [0.29, 0.717) is 5.01 Å². The first-order chi connectivity index (χ1) is 10.4. The van der Waals surface area contributed by atoms with Crippen LogP contribution < -0.4 is 0 Å². The summed E-state index contributed by atoms with van der Waals surface area (Å²) >= 11 is 0.952. The van der Waals surface area contributed by atoms with E-state index in [1.165, 1.54) is 14.1 Å². The third kappa shape index (κ3) is 3.48. The first-order valence-electron chi connectivity index (χ1n) is 6.52. The van der Waals surface area contributed by atoms with Gasteiger partial charge < -0.3 is 4.90 Å². The molecule has 1 fully saturated rings. The summed E-state index contributed by atoms with van der Waals surface area (Å²) in [6.07, 6.45) is -4.72. The summed E-state index contributed by atoms with van der Waals surface area (Å²) in [7, 11) is -1.83. The lowest BCUT2D eigenvalue weighted by atomic mass is 10.1. The predicted octanol–water partition coefficient (Wildman–Crippen LogP) is 0.741. The normalized spacial score (nSPS) is 22.8. The number of aromatic nitrogens is 2. The third-order valence-electron chi connectivity index (χ3n) is 3.57. The average molecular weight is 372 g/mol. The van der Waals surface area contributed by atoms with E-state index in [2.05, 4.69) is 10.2 Å². The van der Waals surface area contributed by atoms with Crippen LogP contribution in [0.25, 0.3) is 0 Å². The van der Waals surface area contributed by atoms with Crippen molar-refractivity contribution in [3.05, 3.63) is 10.0 Å². The van der Waals surface area contributed by atoms with Crippen molar-refractivity contribution in [1.82, 2.24) is 19.4 Å². The highest BCUT2D eigenvalue weighted by Gasteiger charge is 2.56. The zero-order valence-corrected chi connectivity index (χ0v) is 14.2. The number of carbonyl (C=O) groups excluding carboxylic acids is 1. The summed E-state index contributed by atoms with van der Waals surface area (Å²) in [4.78, 5) is 13.1. The van der Waals surface area contributed by atoms with E-state index in [-0.39, 0.29) is 5.01 Å². The molecule has 0 radical (unpaired) electrons. The number of hydrogen-bond donors (Lipinski definition) is 0. The monoisotopic (exact) mass is 372 g/mol. The molecule has 7 nitrogen and oxygen atoms in total. The van der Waals surface area contributed by atoms with Crippen LogP contribution in [-0.4, -0.2) is 72.3 Å². The maximum absolute atomic E-state index is 13.2. The fourth-order valence-electron chi connectivity index (χ4n) is 2.34. The Kier molecular flexibility index (Phi) is 4.70. The van der Waals surface area contributed by atoms with Gasteiger partial charge in [0.1, 0.15) is 10.3 Å². The molecule has 1 aliphatic heterocycles. The van der Waals surface area contributed by atoms with Crippen LogP contribution in [0.1, 0.15) is 14.8 Å². The average Bonchev–Trinajstić information content (AvgIpc) is 3.03. The van der Waals surface area contributed by atoms with Crippen LogP contribution in [0.3, 0.4) is 0 Å². The SMILES string of the molecule is Cc1nnc(C(=O)N2C[C@@H](C(F)(F)F)[C@H](S(=O)(=O)N(C)C)C2)s1. The fourth-order valence-corrected chi connectivity index (χ4v) is 4.57. The molecular weight excluding hydrogens is 357 g/mol. The van der Waals surface area contributed by atoms with Gasteiger partial charge in [0.25, 0.3) is 5.91 Å². The number of alkyl halides is 3. The Morgan fingerprint density at radius 2 is 1.91 bits per heavy atom. The smallest absolute Gasteiger partial charge is 0.334 e. The molecule has 0 saturated carbocycles. The summed E-state index contributed by atoms with van der Waals surface area (Å²) in [6, 6.07) is 0. The Bertz CT molecular complexity index is 702. The largest absolute Gasteiger partial charge is 0.394 e. The molecule has 2 heterocycles. The zero-order valence-electron chi connectivity index (χ0n) is 12.5. The summed E-state index contributed by atoms with van der Waals surface area (Å²) < 4.78 is 64.7. The molecule has 0 aromatic carbocycles. The highest BCUT2D eigenvalue weighted by atomic mass is 32.2. The summed E-state index contributed by atoms with van der Waals surface area (Å²) in [5, 5.41) is 5.97. The van der Waals surface area contributed by atoms with Gasteiger partial charge in [-0.3, -0.25) is 4.79 Å². The molecule has 1 aromatic heterocycles. The van der Waals surface area contributed by atoms with Crippen LogP contribution in [0.2, 0.25) is 0 Å². The Balaban J connectivity index is 2.32. The summed E-state index contributed by atoms with van der Waals surface area (Å²) in [5.41, 5.74) is 0. The number of sulfonamides is 1. The Morgan fingerprint density at radius 3 is 2.35 bits per heavy atom. The molecule has 1 aromatic rings. The molecule has 1 aliphatic rings. The number of halogens is 3. The number of amides is 1. The lowest BCUT2D eigenvalue weighted by molar-refractivity contribution is -0.169. The van der Waals surface area contributed by atoms with Crippen molar-refractivity contribution in [2.75, 3.05) is 27.2 Å². The highest BCUT2D eigenvalue weighted by Crippen LogP contribution is 2.38. The predicted molar refractivity (Wildman–Crippen MR) is 76.5 cm³/mol. The van der Waals surface area contributed by atoms with Crippen molar-refractivity contribution in [3.63, 3.8) is 0 Å². The van der Waals surface area contributed by atoms with Crippen molar-refractivity contribution in [3.8, 4) is 0 Å². The van der Waals surface area contributed by atoms with E-state index in [1.54, 1.807) is 6.92 Å². The quantitative estimate of drug-likeness (QED) is 0.782. The van der Waals surface area contributed by atoms with Crippen LogP contribution in [0.15, 0.2) is 0 Å². The van der Waals surface area contributed by atoms with E-state index in [0.717, 1.165) is 20.5 Å². The minimum absolute atomic E-state index is 0.0497. The first-order valence-corrected chi connectivity index (χ1v) is 8.84. The fraction of sp³-hybridized carbons (Fsp3) is 0.727. The van der Waals surface area contributed by atoms with Gasteiger partial charge in [-0.1, -0.05) is 11.3 Å². The van der Waals surface area contributed by atoms with Crippen molar-refractivity contribution >= 4 is 27.3 Å². The molecule has 0 N–H and O–H groups in total. The van der Waals surface area contributed by atoms with Crippen molar-refractivity contribution in [2.24, 2.45) is 5.92 Å². The van der Waals surface area contributed by atoms with Gasteiger partial charge in [0.05, 0.1) is 5.92 Å². The Hall–Kier alpha value is -1.27. The molecule has 1 saturated heterocycles. The molecule has 0 unspecified atom stereocenters. The van der Waals surface area contributed by atoms with E-state index < -0.39 is 46.4 Å². The van der Waals surface area contributed by atoms with Crippen molar-refractivity contribution < 1.29 is 26.4 Å². The molecule has 0 bridgehead atoms. The number of rotatable bonds is 3. The number of aryl methyl sites for hydroxylation is 1. The van der Waals surface area contributed by atoms with E-state index >= 15 is 0 Å². The standard InChI is InChI=1S/C11H15F3N4O3S2/c1-6-15-16-9(22-6)10(19)18-4-7(11(12,13)14)8(5-18)23(20,21)17(2)3/h7-8H,4-5H2,1-3H3/t7-,8-/m1/s1. The second-order valence-corrected chi connectivity index (χ2v) is 8.90. The number of nitrogens with zero attached hydrogens (tertiary/aromatic N) is 4. The Morgan fingerprint density at radius 1 is 1.30 bits per heavy atom. The zero-order chi connectivity index (χ0) is 17.6. The molecule has 0 spiro atoms. The number of likely N-dealkylation sites (tertiary alicyclic amines) is 1. The molecule has 130 valence electrons. The van der Waals surface area contributed by atoms with Crippen molar-refractivity contribution in [2.45, 2.75) is 18.3 Å².